The SMILES string of the molecule is CC[C@H](C(=O)NC1CCCC1)N(Cc1ccccc1C)C(=O)CCCN(c1cccc(OC)c1)S(C)(=O)=O. The normalized spacial score (nSPS) is 14.6. The second-order valence-electron chi connectivity index (χ2n) is 10.0. The first-order valence-electron chi connectivity index (χ1n) is 13.4. The van der Waals surface area contributed by atoms with E-state index in [0.29, 0.717) is 30.8 Å². The molecule has 3 rings (SSSR count). The van der Waals surface area contributed by atoms with E-state index in [4.69, 9.17) is 4.74 Å². The molecule has 2 amide bonds. The minimum atomic E-state index is -3.57. The van der Waals surface area contributed by atoms with E-state index >= 15 is 0 Å². The van der Waals surface area contributed by atoms with Crippen LogP contribution in [0.1, 0.15) is 63.0 Å². The Hall–Kier alpha value is -3.07. The fourth-order valence-corrected chi connectivity index (χ4v) is 5.98. The van der Waals surface area contributed by atoms with Gasteiger partial charge in [-0.1, -0.05) is 50.1 Å². The third kappa shape index (κ3) is 7.96. The Balaban J connectivity index is 1.77. The van der Waals surface area contributed by atoms with E-state index < -0.39 is 16.1 Å². The average Bonchev–Trinajstić information content (AvgIpc) is 3.39. The molecule has 0 saturated heterocycles. The van der Waals surface area contributed by atoms with Crippen molar-refractivity contribution in [2.75, 3.05) is 24.2 Å². The van der Waals surface area contributed by atoms with Crippen molar-refractivity contribution in [2.45, 2.75) is 77.4 Å². The summed E-state index contributed by atoms with van der Waals surface area (Å²) in [5, 5.41) is 3.16. The molecule has 2 aromatic rings. The van der Waals surface area contributed by atoms with Crippen molar-refractivity contribution >= 4 is 27.5 Å². The Morgan fingerprint density at radius 2 is 1.82 bits per heavy atom. The van der Waals surface area contributed by atoms with Gasteiger partial charge in [-0.25, -0.2) is 8.42 Å². The molecule has 0 unspecified atom stereocenters. The number of methoxy groups -OCH3 is 1. The fourth-order valence-electron chi connectivity index (χ4n) is 5.03. The number of anilines is 1. The molecule has 0 radical (unpaired) electrons. The van der Waals surface area contributed by atoms with Crippen LogP contribution in [-0.4, -0.2) is 57.1 Å². The molecule has 0 bridgehead atoms. The molecule has 2 aromatic carbocycles. The Morgan fingerprint density at radius 1 is 1.11 bits per heavy atom. The molecule has 208 valence electrons. The monoisotopic (exact) mass is 543 g/mol. The summed E-state index contributed by atoms with van der Waals surface area (Å²) in [5.74, 6) is 0.270. The zero-order valence-electron chi connectivity index (χ0n) is 23.0. The van der Waals surface area contributed by atoms with Gasteiger partial charge >= 0.3 is 0 Å². The summed E-state index contributed by atoms with van der Waals surface area (Å²) in [6.07, 6.45) is 6.24. The minimum absolute atomic E-state index is 0.115. The van der Waals surface area contributed by atoms with Crippen LogP contribution in [0, 0.1) is 6.92 Å². The first-order valence-corrected chi connectivity index (χ1v) is 15.2. The molecular weight excluding hydrogens is 502 g/mol. The summed E-state index contributed by atoms with van der Waals surface area (Å²) in [6, 6.07) is 14.3. The number of amides is 2. The molecule has 8 nitrogen and oxygen atoms in total. The van der Waals surface area contributed by atoms with Crippen molar-refractivity contribution in [1.29, 1.82) is 0 Å². The molecule has 1 N–H and O–H groups in total. The standard InChI is InChI=1S/C29H41N3O5S/c1-5-27(29(34)30-24-14-8-9-15-24)31(21-23-13-7-6-12-22(23)2)28(33)18-11-19-32(38(4,35)36)25-16-10-17-26(20-25)37-3/h6-7,10,12-13,16-17,20,24,27H,5,8-9,11,14-15,18-19,21H2,1-4H3,(H,30,34)/t27-/m1/s1. The van der Waals surface area contributed by atoms with E-state index in [2.05, 4.69) is 5.32 Å². The van der Waals surface area contributed by atoms with Crippen LogP contribution >= 0.6 is 0 Å². The summed E-state index contributed by atoms with van der Waals surface area (Å²) >= 11 is 0. The van der Waals surface area contributed by atoms with Gasteiger partial charge in [0.15, 0.2) is 0 Å². The first-order chi connectivity index (χ1) is 18.1. The average molecular weight is 544 g/mol. The van der Waals surface area contributed by atoms with Crippen LogP contribution < -0.4 is 14.4 Å². The summed E-state index contributed by atoms with van der Waals surface area (Å²) in [4.78, 5) is 28.6. The zero-order chi connectivity index (χ0) is 27.7. The van der Waals surface area contributed by atoms with Crippen molar-refractivity contribution in [3.63, 3.8) is 0 Å². The van der Waals surface area contributed by atoms with Crippen LogP contribution in [0.5, 0.6) is 5.75 Å². The van der Waals surface area contributed by atoms with E-state index in [1.54, 1.807) is 29.2 Å². The molecule has 0 heterocycles. The highest BCUT2D eigenvalue weighted by molar-refractivity contribution is 7.92. The number of carbonyl (C=O) groups excluding carboxylic acids is 2. The number of nitrogens with one attached hydrogen (secondary N) is 1. The van der Waals surface area contributed by atoms with Gasteiger partial charge < -0.3 is 15.0 Å². The van der Waals surface area contributed by atoms with Gasteiger partial charge in [0.25, 0.3) is 0 Å². The van der Waals surface area contributed by atoms with Crippen LogP contribution in [0.15, 0.2) is 48.5 Å². The second-order valence-corrected chi connectivity index (χ2v) is 11.9. The third-order valence-corrected chi connectivity index (χ3v) is 8.38. The lowest BCUT2D eigenvalue weighted by molar-refractivity contribution is -0.141. The maximum atomic E-state index is 13.6. The van der Waals surface area contributed by atoms with Crippen LogP contribution in [0.3, 0.4) is 0 Å². The maximum absolute atomic E-state index is 13.6. The third-order valence-electron chi connectivity index (χ3n) is 7.18. The van der Waals surface area contributed by atoms with Crippen LogP contribution in [0.25, 0.3) is 0 Å². The van der Waals surface area contributed by atoms with Crippen molar-refractivity contribution in [3.05, 3.63) is 59.7 Å². The summed E-state index contributed by atoms with van der Waals surface area (Å²) in [6.45, 7) is 4.38. The van der Waals surface area contributed by atoms with E-state index in [9.17, 15) is 18.0 Å². The van der Waals surface area contributed by atoms with Crippen LogP contribution in [0.4, 0.5) is 5.69 Å². The van der Waals surface area contributed by atoms with Crippen LogP contribution in [0.2, 0.25) is 0 Å². The van der Waals surface area contributed by atoms with Gasteiger partial charge in [-0.2, -0.15) is 0 Å². The molecule has 0 aliphatic heterocycles. The Labute approximate surface area is 227 Å². The van der Waals surface area contributed by atoms with Gasteiger partial charge in [0, 0.05) is 31.6 Å². The summed E-state index contributed by atoms with van der Waals surface area (Å²) in [7, 11) is -2.05. The molecular formula is C29H41N3O5S. The lowest BCUT2D eigenvalue weighted by Crippen LogP contribution is -2.51. The van der Waals surface area contributed by atoms with Crippen molar-refractivity contribution in [2.24, 2.45) is 0 Å². The highest BCUT2D eigenvalue weighted by Crippen LogP contribution is 2.24. The Morgan fingerprint density at radius 3 is 2.45 bits per heavy atom. The number of aryl methyl sites for hydroxylation is 1. The summed E-state index contributed by atoms with van der Waals surface area (Å²) in [5.41, 5.74) is 2.53. The smallest absolute Gasteiger partial charge is 0.243 e. The Bertz CT molecular complexity index is 1190. The second kappa shape index (κ2) is 13.6. The lowest BCUT2D eigenvalue weighted by atomic mass is 10.0. The van der Waals surface area contributed by atoms with Crippen molar-refractivity contribution in [1.82, 2.24) is 10.2 Å². The number of carbonyl (C=O) groups is 2. The molecule has 0 spiro atoms. The predicted molar refractivity (Wildman–Crippen MR) is 151 cm³/mol. The largest absolute Gasteiger partial charge is 0.497 e. The summed E-state index contributed by atoms with van der Waals surface area (Å²) < 4.78 is 31.7. The quantitative estimate of drug-likeness (QED) is 0.404. The minimum Gasteiger partial charge on any atom is -0.497 e. The Kier molecular flexibility index (Phi) is 10.6. The molecule has 1 atom stereocenters. The predicted octanol–water partition coefficient (Wildman–Crippen LogP) is 4.42. The molecule has 38 heavy (non-hydrogen) atoms. The number of benzene rings is 2. The first kappa shape index (κ1) is 29.5. The molecule has 0 aromatic heterocycles. The van der Waals surface area contributed by atoms with Gasteiger partial charge in [0.1, 0.15) is 11.8 Å². The van der Waals surface area contributed by atoms with Gasteiger partial charge in [-0.3, -0.25) is 13.9 Å². The highest BCUT2D eigenvalue weighted by atomic mass is 32.2. The van der Waals surface area contributed by atoms with Crippen molar-refractivity contribution in [3.8, 4) is 5.75 Å². The highest BCUT2D eigenvalue weighted by Gasteiger charge is 2.31. The molecule has 1 aliphatic rings. The van der Waals surface area contributed by atoms with E-state index in [1.165, 1.54) is 11.4 Å². The number of rotatable bonds is 13. The number of nitrogens with zero attached hydrogens (tertiary/aromatic N) is 2. The van der Waals surface area contributed by atoms with Gasteiger partial charge in [-0.05, 0) is 55.9 Å². The van der Waals surface area contributed by atoms with Crippen molar-refractivity contribution < 1.29 is 22.7 Å². The van der Waals surface area contributed by atoms with E-state index in [-0.39, 0.29) is 30.8 Å². The molecule has 1 aliphatic carbocycles. The van der Waals surface area contributed by atoms with Crippen LogP contribution in [-0.2, 0) is 26.2 Å². The maximum Gasteiger partial charge on any atom is 0.243 e. The number of hydrogen-bond acceptors (Lipinski definition) is 5. The number of ether oxygens (including phenoxy) is 1. The molecule has 1 saturated carbocycles. The molecule has 9 heteroatoms. The number of hydrogen-bond donors (Lipinski definition) is 1. The van der Waals surface area contributed by atoms with E-state index in [1.807, 2.05) is 38.1 Å². The van der Waals surface area contributed by atoms with Gasteiger partial charge in [0.2, 0.25) is 21.8 Å². The zero-order valence-corrected chi connectivity index (χ0v) is 23.8. The molecule has 1 fully saturated rings. The topological polar surface area (TPSA) is 96.0 Å². The van der Waals surface area contributed by atoms with Gasteiger partial charge in [-0.15, -0.1) is 0 Å². The van der Waals surface area contributed by atoms with Gasteiger partial charge in [0.05, 0.1) is 19.1 Å². The van der Waals surface area contributed by atoms with E-state index in [0.717, 1.165) is 43.1 Å². The number of sulfonamides is 1. The lowest BCUT2D eigenvalue weighted by Gasteiger charge is -2.32. The fraction of sp³-hybridized carbons (Fsp3) is 0.517.